The largest absolute Gasteiger partial charge is 0.462 e. The second kappa shape index (κ2) is 18.1. The van der Waals surface area contributed by atoms with Crippen LogP contribution in [0.2, 0.25) is 0 Å². The summed E-state index contributed by atoms with van der Waals surface area (Å²) in [6.07, 6.45) is 22.0. The molecular formula is C35H61NO3. The van der Waals surface area contributed by atoms with Gasteiger partial charge >= 0.3 is 5.97 Å². The van der Waals surface area contributed by atoms with Crippen LogP contribution in [-0.4, -0.2) is 28.2 Å². The first-order chi connectivity index (χ1) is 18.7. The zero-order valence-corrected chi connectivity index (χ0v) is 26.4. The van der Waals surface area contributed by atoms with E-state index in [9.17, 15) is 4.79 Å². The molecule has 0 N–H and O–H groups in total. The molecule has 0 amide bonds. The van der Waals surface area contributed by atoms with Crippen molar-refractivity contribution in [3.63, 3.8) is 0 Å². The predicted molar refractivity (Wildman–Crippen MR) is 165 cm³/mol. The summed E-state index contributed by atoms with van der Waals surface area (Å²) >= 11 is 0. The van der Waals surface area contributed by atoms with Crippen molar-refractivity contribution in [3.05, 3.63) is 35.9 Å². The van der Waals surface area contributed by atoms with Gasteiger partial charge in [-0.1, -0.05) is 127 Å². The van der Waals surface area contributed by atoms with Crippen LogP contribution in [0.1, 0.15) is 169 Å². The summed E-state index contributed by atoms with van der Waals surface area (Å²) < 4.78 is 6.00. The quantitative estimate of drug-likeness (QED) is 0.121. The van der Waals surface area contributed by atoms with Crippen molar-refractivity contribution in [3.8, 4) is 0 Å². The van der Waals surface area contributed by atoms with E-state index in [2.05, 4.69) is 70.9 Å². The fourth-order valence-corrected chi connectivity index (χ4v) is 6.37. The molecule has 4 heteroatoms. The van der Waals surface area contributed by atoms with E-state index in [1.54, 1.807) is 0 Å². The van der Waals surface area contributed by atoms with E-state index in [1.807, 2.05) is 6.07 Å². The molecule has 39 heavy (non-hydrogen) atoms. The van der Waals surface area contributed by atoms with Gasteiger partial charge in [0.05, 0.1) is 0 Å². The van der Waals surface area contributed by atoms with Crippen molar-refractivity contribution < 1.29 is 14.4 Å². The van der Waals surface area contributed by atoms with Crippen LogP contribution in [0, 0.1) is 0 Å². The second-order valence-electron chi connectivity index (χ2n) is 13.3. The van der Waals surface area contributed by atoms with Crippen molar-refractivity contribution in [2.24, 2.45) is 0 Å². The molecule has 224 valence electrons. The topological polar surface area (TPSA) is 38.8 Å². The number of ether oxygens (including phenoxy) is 1. The van der Waals surface area contributed by atoms with Crippen LogP contribution in [0.3, 0.4) is 0 Å². The molecule has 1 aliphatic heterocycles. The fraction of sp³-hybridized carbons (Fsp3) is 0.800. The van der Waals surface area contributed by atoms with Gasteiger partial charge in [0.25, 0.3) is 0 Å². The molecule has 1 atom stereocenters. The highest BCUT2D eigenvalue weighted by molar-refractivity contribution is 5.69. The van der Waals surface area contributed by atoms with Crippen molar-refractivity contribution in [2.45, 2.75) is 180 Å². The maximum absolute atomic E-state index is 12.6. The van der Waals surface area contributed by atoms with Crippen LogP contribution in [0.5, 0.6) is 0 Å². The van der Waals surface area contributed by atoms with Crippen LogP contribution >= 0.6 is 0 Å². The average molecular weight is 544 g/mol. The summed E-state index contributed by atoms with van der Waals surface area (Å²) in [6.45, 7) is 13.2. The molecule has 1 saturated heterocycles. The second-order valence-corrected chi connectivity index (χ2v) is 13.3. The Balaban J connectivity index is 1.56. The zero-order valence-electron chi connectivity index (χ0n) is 26.4. The van der Waals surface area contributed by atoms with Crippen LogP contribution in [-0.2, 0) is 14.4 Å². The molecule has 2 rings (SSSR count). The van der Waals surface area contributed by atoms with E-state index in [0.29, 0.717) is 6.42 Å². The number of hydrogen-bond donors (Lipinski definition) is 0. The highest BCUT2D eigenvalue weighted by atomic mass is 16.7. The van der Waals surface area contributed by atoms with E-state index < -0.39 is 0 Å². The number of unbranched alkanes of at least 4 members (excludes halogenated alkanes) is 14. The SMILES string of the molecule is CCCCCCCCCCCCCCCCCC(=O)OC1CC(C)(C)N(OC(C)c2ccccc2)C(C)(C)C1. The lowest BCUT2D eigenvalue weighted by Gasteiger charge is -2.54. The number of esters is 1. The Morgan fingerprint density at radius 1 is 0.769 bits per heavy atom. The van der Waals surface area contributed by atoms with Gasteiger partial charge in [-0.05, 0) is 46.6 Å². The molecule has 0 bridgehead atoms. The van der Waals surface area contributed by atoms with Gasteiger partial charge in [-0.25, -0.2) is 0 Å². The first kappa shape index (κ1) is 33.8. The minimum Gasteiger partial charge on any atom is -0.462 e. The number of nitrogens with zero attached hydrogens (tertiary/aromatic N) is 1. The van der Waals surface area contributed by atoms with Gasteiger partial charge < -0.3 is 4.74 Å². The number of piperidine rings is 1. The first-order valence-corrected chi connectivity index (χ1v) is 16.4. The Bertz CT molecular complexity index is 757. The van der Waals surface area contributed by atoms with Crippen LogP contribution in [0.25, 0.3) is 0 Å². The number of rotatable bonds is 20. The van der Waals surface area contributed by atoms with Crippen molar-refractivity contribution in [1.29, 1.82) is 0 Å². The summed E-state index contributed by atoms with van der Waals surface area (Å²) in [7, 11) is 0. The lowest BCUT2D eigenvalue weighted by Crippen LogP contribution is -2.62. The van der Waals surface area contributed by atoms with Crippen LogP contribution < -0.4 is 0 Å². The highest BCUT2D eigenvalue weighted by Gasteiger charge is 2.48. The molecule has 1 heterocycles. The van der Waals surface area contributed by atoms with Gasteiger partial charge in [0, 0.05) is 30.3 Å². The minimum absolute atomic E-state index is 0.0334. The molecule has 1 aromatic rings. The van der Waals surface area contributed by atoms with E-state index in [1.165, 1.54) is 89.0 Å². The Kier molecular flexibility index (Phi) is 15.7. The van der Waals surface area contributed by atoms with Gasteiger partial charge in [0.15, 0.2) is 0 Å². The molecule has 0 radical (unpaired) electrons. The molecule has 1 aliphatic rings. The summed E-state index contributed by atoms with van der Waals surface area (Å²) in [5, 5.41) is 2.15. The van der Waals surface area contributed by atoms with E-state index >= 15 is 0 Å². The highest BCUT2D eigenvalue weighted by Crippen LogP contribution is 2.41. The molecule has 1 fully saturated rings. The Morgan fingerprint density at radius 3 is 1.67 bits per heavy atom. The Labute approximate surface area is 241 Å². The lowest BCUT2D eigenvalue weighted by molar-refractivity contribution is -0.314. The van der Waals surface area contributed by atoms with Gasteiger partial charge in [-0.15, -0.1) is 0 Å². The van der Waals surface area contributed by atoms with Gasteiger partial charge in [0.1, 0.15) is 12.2 Å². The van der Waals surface area contributed by atoms with Crippen LogP contribution in [0.4, 0.5) is 0 Å². The maximum Gasteiger partial charge on any atom is 0.306 e. The first-order valence-electron chi connectivity index (χ1n) is 16.4. The van der Waals surface area contributed by atoms with E-state index in [0.717, 1.165) is 25.7 Å². The molecule has 0 spiro atoms. The molecule has 0 aromatic heterocycles. The molecule has 1 unspecified atom stereocenters. The standard InChI is InChI=1S/C35H61NO3/c1-7-8-9-10-11-12-13-14-15-16-17-18-19-20-24-27-33(37)38-32-28-34(3,4)36(35(5,6)29-32)39-30(2)31-25-22-21-23-26-31/h21-23,25-26,30,32H,7-20,24,27-29H2,1-6H3. The summed E-state index contributed by atoms with van der Waals surface area (Å²) in [5.74, 6) is -0.0340. The summed E-state index contributed by atoms with van der Waals surface area (Å²) in [6, 6.07) is 10.4. The molecule has 1 aromatic carbocycles. The number of hydrogen-bond acceptors (Lipinski definition) is 4. The third-order valence-electron chi connectivity index (χ3n) is 8.37. The Hall–Kier alpha value is -1.39. The van der Waals surface area contributed by atoms with Gasteiger partial charge in [0.2, 0.25) is 0 Å². The minimum atomic E-state index is -0.232. The summed E-state index contributed by atoms with van der Waals surface area (Å²) in [4.78, 5) is 19.2. The van der Waals surface area contributed by atoms with E-state index in [-0.39, 0.29) is 29.3 Å². The van der Waals surface area contributed by atoms with Crippen molar-refractivity contribution >= 4 is 5.97 Å². The molecule has 4 nitrogen and oxygen atoms in total. The predicted octanol–water partition coefficient (Wildman–Crippen LogP) is 10.5. The molecule has 0 aliphatic carbocycles. The van der Waals surface area contributed by atoms with Crippen molar-refractivity contribution in [2.75, 3.05) is 0 Å². The maximum atomic E-state index is 12.6. The van der Waals surface area contributed by atoms with Crippen LogP contribution in [0.15, 0.2) is 30.3 Å². The van der Waals surface area contributed by atoms with Gasteiger partial charge in [-0.3, -0.25) is 9.63 Å². The number of carbonyl (C=O) groups is 1. The zero-order chi connectivity index (χ0) is 28.6. The number of benzene rings is 1. The Morgan fingerprint density at radius 2 is 1.21 bits per heavy atom. The number of carbonyl (C=O) groups excluding carboxylic acids is 1. The fourth-order valence-electron chi connectivity index (χ4n) is 6.37. The molecular weight excluding hydrogens is 482 g/mol. The monoisotopic (exact) mass is 543 g/mol. The average Bonchev–Trinajstić information content (AvgIpc) is 2.88. The van der Waals surface area contributed by atoms with Crippen molar-refractivity contribution in [1.82, 2.24) is 5.06 Å². The lowest BCUT2D eigenvalue weighted by atomic mass is 9.80. The van der Waals surface area contributed by atoms with E-state index in [4.69, 9.17) is 9.57 Å². The normalized spacial score (nSPS) is 18.2. The smallest absolute Gasteiger partial charge is 0.306 e. The van der Waals surface area contributed by atoms with Gasteiger partial charge in [-0.2, -0.15) is 5.06 Å². The summed E-state index contributed by atoms with van der Waals surface area (Å²) in [5.41, 5.74) is 0.704. The third-order valence-corrected chi connectivity index (χ3v) is 8.37. The third kappa shape index (κ3) is 13.2. The molecule has 0 saturated carbocycles. The number of hydroxylamine groups is 2.